The summed E-state index contributed by atoms with van der Waals surface area (Å²) >= 11 is 13.7. The quantitative estimate of drug-likeness (QED) is 0.678. The van der Waals surface area contributed by atoms with E-state index in [2.05, 4.69) is 5.32 Å². The van der Waals surface area contributed by atoms with Crippen LogP contribution in [-0.4, -0.2) is 41.8 Å². The van der Waals surface area contributed by atoms with Gasteiger partial charge in [-0.3, -0.25) is 9.59 Å². The normalized spacial score (nSPS) is 11.7. The van der Waals surface area contributed by atoms with Crippen molar-refractivity contribution in [3.05, 3.63) is 69.7 Å². The first kappa shape index (κ1) is 21.6. The number of halogens is 2. The van der Waals surface area contributed by atoms with Crippen LogP contribution < -0.4 is 5.32 Å². The number of benzene rings is 2. The summed E-state index contributed by atoms with van der Waals surface area (Å²) in [5.74, 6) is 0.255. The minimum absolute atomic E-state index is 0.149. The monoisotopic (exact) mass is 424 g/mol. The maximum atomic E-state index is 12.9. The van der Waals surface area contributed by atoms with Gasteiger partial charge in [-0.05, 0) is 48.3 Å². The predicted molar refractivity (Wildman–Crippen MR) is 114 cm³/mol. The highest BCUT2D eigenvalue weighted by molar-refractivity contribution is 7.98. The Labute approximate surface area is 174 Å². The van der Waals surface area contributed by atoms with Crippen molar-refractivity contribution < 1.29 is 9.59 Å². The average Bonchev–Trinajstić information content (AvgIpc) is 2.64. The van der Waals surface area contributed by atoms with Crippen LogP contribution in [0.25, 0.3) is 0 Å². The fourth-order valence-corrected chi connectivity index (χ4v) is 3.53. The molecule has 27 heavy (non-hydrogen) atoms. The first-order valence-electron chi connectivity index (χ1n) is 8.46. The summed E-state index contributed by atoms with van der Waals surface area (Å²) in [6.45, 7) is 0.414. The minimum atomic E-state index is -0.620. The summed E-state index contributed by atoms with van der Waals surface area (Å²) in [5.41, 5.74) is 1.29. The van der Waals surface area contributed by atoms with Gasteiger partial charge in [0.2, 0.25) is 5.91 Å². The van der Waals surface area contributed by atoms with Gasteiger partial charge in [-0.25, -0.2) is 0 Å². The first-order chi connectivity index (χ1) is 12.9. The van der Waals surface area contributed by atoms with Crippen LogP contribution in [0.15, 0.2) is 48.5 Å². The van der Waals surface area contributed by atoms with Crippen LogP contribution in [0.1, 0.15) is 22.3 Å². The van der Waals surface area contributed by atoms with E-state index in [4.69, 9.17) is 23.2 Å². The van der Waals surface area contributed by atoms with Crippen LogP contribution in [0.4, 0.5) is 0 Å². The Morgan fingerprint density at radius 3 is 2.56 bits per heavy atom. The zero-order valence-corrected chi connectivity index (χ0v) is 17.6. The molecule has 0 aliphatic carbocycles. The molecule has 0 bridgehead atoms. The number of nitrogens with one attached hydrogen (secondary N) is 1. The minimum Gasteiger partial charge on any atom is -0.340 e. The van der Waals surface area contributed by atoms with Crippen molar-refractivity contribution in [2.24, 2.45) is 0 Å². The number of rotatable bonds is 8. The molecule has 0 saturated carbocycles. The number of carbonyl (C=O) groups excluding carboxylic acids is 2. The largest absolute Gasteiger partial charge is 0.340 e. The molecule has 1 atom stereocenters. The van der Waals surface area contributed by atoms with Gasteiger partial charge in [0.1, 0.15) is 6.04 Å². The maximum absolute atomic E-state index is 12.9. The molecular formula is C20H22Cl2N2O2S. The Morgan fingerprint density at radius 1 is 1.15 bits per heavy atom. The van der Waals surface area contributed by atoms with E-state index in [1.54, 1.807) is 54.0 Å². The summed E-state index contributed by atoms with van der Waals surface area (Å²) in [7, 11) is 1.72. The molecule has 0 fully saturated rings. The molecule has 0 spiro atoms. The van der Waals surface area contributed by atoms with Crippen LogP contribution in [-0.2, 0) is 11.3 Å². The van der Waals surface area contributed by atoms with E-state index in [0.717, 1.165) is 11.3 Å². The van der Waals surface area contributed by atoms with Crippen molar-refractivity contribution in [2.75, 3.05) is 19.1 Å². The molecule has 2 rings (SSSR count). The molecule has 2 amide bonds. The molecule has 0 aromatic heterocycles. The van der Waals surface area contributed by atoms with Crippen LogP contribution in [0.5, 0.6) is 0 Å². The Bertz CT molecular complexity index is 801. The predicted octanol–water partition coefficient (Wildman–Crippen LogP) is 4.50. The number of carbonyl (C=O) groups is 2. The molecule has 1 unspecified atom stereocenters. The van der Waals surface area contributed by atoms with Crippen molar-refractivity contribution in [2.45, 2.75) is 19.0 Å². The van der Waals surface area contributed by atoms with E-state index < -0.39 is 6.04 Å². The maximum Gasteiger partial charge on any atom is 0.253 e. The highest BCUT2D eigenvalue weighted by Gasteiger charge is 2.25. The van der Waals surface area contributed by atoms with Crippen LogP contribution >= 0.6 is 35.0 Å². The molecule has 0 aliphatic heterocycles. The van der Waals surface area contributed by atoms with Gasteiger partial charge in [-0.2, -0.15) is 11.8 Å². The third kappa shape index (κ3) is 6.45. The Hall–Kier alpha value is -1.69. The van der Waals surface area contributed by atoms with Gasteiger partial charge in [0.25, 0.3) is 5.91 Å². The summed E-state index contributed by atoms with van der Waals surface area (Å²) in [6.07, 6.45) is 2.50. The molecule has 2 aromatic carbocycles. The number of likely N-dealkylation sites (N-methyl/N-ethyl adjacent to an activating group) is 1. The molecule has 0 heterocycles. The number of amides is 2. The molecule has 0 saturated heterocycles. The Morgan fingerprint density at radius 2 is 1.89 bits per heavy atom. The number of nitrogens with zero attached hydrogens (tertiary/aromatic N) is 1. The van der Waals surface area contributed by atoms with E-state index in [1.165, 1.54) is 0 Å². The van der Waals surface area contributed by atoms with Gasteiger partial charge < -0.3 is 10.2 Å². The van der Waals surface area contributed by atoms with Crippen LogP contribution in [0.2, 0.25) is 10.0 Å². The van der Waals surface area contributed by atoms with Crippen LogP contribution in [0, 0.1) is 0 Å². The van der Waals surface area contributed by atoms with E-state index in [1.807, 2.05) is 24.5 Å². The van der Waals surface area contributed by atoms with E-state index >= 15 is 0 Å². The average molecular weight is 425 g/mol. The number of hydrogen-bond acceptors (Lipinski definition) is 3. The molecule has 0 radical (unpaired) electrons. The molecule has 1 N–H and O–H groups in total. The summed E-state index contributed by atoms with van der Waals surface area (Å²) in [5, 5.41) is 3.82. The van der Waals surface area contributed by atoms with Crippen LogP contribution in [0.3, 0.4) is 0 Å². The van der Waals surface area contributed by atoms with E-state index in [9.17, 15) is 9.59 Å². The fourth-order valence-electron chi connectivity index (χ4n) is 2.63. The van der Waals surface area contributed by atoms with Crippen molar-refractivity contribution in [1.29, 1.82) is 0 Å². The number of hydrogen-bond donors (Lipinski definition) is 1. The van der Waals surface area contributed by atoms with Gasteiger partial charge in [-0.15, -0.1) is 0 Å². The number of thioether (sulfide) groups is 1. The molecule has 4 nitrogen and oxygen atoms in total. The lowest BCUT2D eigenvalue weighted by atomic mass is 10.1. The summed E-state index contributed by atoms with van der Waals surface area (Å²) in [6, 6.07) is 13.5. The molecule has 144 valence electrons. The Kier molecular flexibility index (Phi) is 8.48. The lowest BCUT2D eigenvalue weighted by Crippen LogP contribution is -2.47. The van der Waals surface area contributed by atoms with Crippen molar-refractivity contribution in [3.8, 4) is 0 Å². The van der Waals surface area contributed by atoms with Gasteiger partial charge in [-0.1, -0.05) is 47.5 Å². The molecular weight excluding hydrogens is 403 g/mol. The first-order valence-corrected chi connectivity index (χ1v) is 10.6. The zero-order valence-electron chi connectivity index (χ0n) is 15.2. The summed E-state index contributed by atoms with van der Waals surface area (Å²) < 4.78 is 0. The molecule has 7 heteroatoms. The van der Waals surface area contributed by atoms with Gasteiger partial charge in [0.05, 0.1) is 10.6 Å². The third-order valence-corrected chi connectivity index (χ3v) is 5.23. The second-order valence-electron chi connectivity index (χ2n) is 6.11. The highest BCUT2D eigenvalue weighted by atomic mass is 35.5. The highest BCUT2D eigenvalue weighted by Crippen LogP contribution is 2.16. The van der Waals surface area contributed by atoms with Crippen molar-refractivity contribution in [1.82, 2.24) is 10.2 Å². The lowest BCUT2D eigenvalue weighted by Gasteiger charge is -2.25. The fraction of sp³-hybridized carbons (Fsp3) is 0.300. The van der Waals surface area contributed by atoms with Gasteiger partial charge in [0.15, 0.2) is 0 Å². The van der Waals surface area contributed by atoms with Gasteiger partial charge >= 0.3 is 0 Å². The SMILES string of the molecule is CSCCC(NC(=O)c1ccccc1Cl)C(=O)N(C)Cc1cccc(Cl)c1. The smallest absolute Gasteiger partial charge is 0.253 e. The van der Waals surface area contributed by atoms with Gasteiger partial charge in [0, 0.05) is 18.6 Å². The standard InChI is InChI=1S/C20H22Cl2N2O2S/c1-24(13-14-6-5-7-15(21)12-14)20(26)18(10-11-27-2)23-19(25)16-8-3-4-9-17(16)22/h3-9,12,18H,10-11,13H2,1-2H3,(H,23,25). The summed E-state index contributed by atoms with van der Waals surface area (Å²) in [4.78, 5) is 27.1. The molecule has 2 aromatic rings. The van der Waals surface area contributed by atoms with E-state index in [-0.39, 0.29) is 11.8 Å². The molecule has 0 aliphatic rings. The second kappa shape index (κ2) is 10.6. The topological polar surface area (TPSA) is 49.4 Å². The van der Waals surface area contributed by atoms with E-state index in [0.29, 0.717) is 28.6 Å². The van der Waals surface area contributed by atoms with Crippen molar-refractivity contribution >= 4 is 46.8 Å². The third-order valence-electron chi connectivity index (χ3n) is 4.02. The zero-order chi connectivity index (χ0) is 19.8. The lowest BCUT2D eigenvalue weighted by molar-refractivity contribution is -0.132. The van der Waals surface area contributed by atoms with Crippen molar-refractivity contribution in [3.63, 3.8) is 0 Å². The Balaban J connectivity index is 2.10. The second-order valence-corrected chi connectivity index (χ2v) is 7.94.